The van der Waals surface area contributed by atoms with Crippen LogP contribution in [-0.2, 0) is 19.9 Å². The Labute approximate surface area is 118 Å². The highest BCUT2D eigenvalue weighted by Crippen LogP contribution is 2.24. The monoisotopic (exact) mass is 279 g/mol. The summed E-state index contributed by atoms with van der Waals surface area (Å²) < 4.78 is 5.38. The Morgan fingerprint density at radius 1 is 1.35 bits per heavy atom. The highest BCUT2D eigenvalue weighted by molar-refractivity contribution is 5.86. The summed E-state index contributed by atoms with van der Waals surface area (Å²) in [6.07, 6.45) is 0.409. The lowest BCUT2D eigenvalue weighted by Gasteiger charge is -2.29. The summed E-state index contributed by atoms with van der Waals surface area (Å²) in [6, 6.07) is 8.97. The van der Waals surface area contributed by atoms with Crippen molar-refractivity contribution in [3.8, 4) is 0 Å². The molecule has 0 radical (unpaired) electrons. The molecule has 5 heteroatoms. The van der Waals surface area contributed by atoms with Gasteiger partial charge in [-0.3, -0.25) is 9.59 Å². The number of carbonyl (C=O) groups excluding carboxylic acids is 1. The first-order chi connectivity index (χ1) is 9.40. The van der Waals surface area contributed by atoms with Gasteiger partial charge in [-0.15, -0.1) is 0 Å². The maximum Gasteiger partial charge on any atom is 0.303 e. The van der Waals surface area contributed by atoms with Crippen LogP contribution in [0.1, 0.15) is 32.3 Å². The van der Waals surface area contributed by atoms with E-state index in [4.69, 9.17) is 9.84 Å². The molecule has 1 amide bonds. The Morgan fingerprint density at radius 3 is 2.45 bits per heavy atom. The van der Waals surface area contributed by atoms with E-state index >= 15 is 0 Å². The fraction of sp³-hybridized carbons (Fsp3) is 0.467. The van der Waals surface area contributed by atoms with E-state index in [1.54, 1.807) is 13.8 Å². The quantitative estimate of drug-likeness (QED) is 0.799. The molecule has 0 fully saturated rings. The lowest BCUT2D eigenvalue weighted by Crippen LogP contribution is -2.47. The van der Waals surface area contributed by atoms with E-state index in [9.17, 15) is 9.59 Å². The number of carboxylic acids is 1. The van der Waals surface area contributed by atoms with E-state index in [1.165, 1.54) is 7.11 Å². The second-order valence-corrected chi connectivity index (χ2v) is 4.91. The van der Waals surface area contributed by atoms with Gasteiger partial charge < -0.3 is 15.2 Å². The SMILES string of the molecule is COC(C)(C(=O)NC(C)CCC(=O)O)c1ccccc1. The van der Waals surface area contributed by atoms with E-state index < -0.39 is 11.6 Å². The molecule has 2 atom stereocenters. The second kappa shape index (κ2) is 7.05. The normalized spacial score (nSPS) is 15.2. The number of carboxylic acid groups (broad SMARTS) is 1. The van der Waals surface area contributed by atoms with Crippen molar-refractivity contribution in [3.05, 3.63) is 35.9 Å². The minimum atomic E-state index is -1.08. The number of nitrogens with one attached hydrogen (secondary N) is 1. The number of amides is 1. The molecular weight excluding hydrogens is 258 g/mol. The largest absolute Gasteiger partial charge is 0.481 e. The molecule has 1 rings (SSSR count). The number of hydrogen-bond donors (Lipinski definition) is 2. The Balaban J connectivity index is 2.75. The van der Waals surface area contributed by atoms with Crippen LogP contribution in [0.15, 0.2) is 30.3 Å². The third-order valence-electron chi connectivity index (χ3n) is 3.33. The molecule has 1 aromatic carbocycles. The van der Waals surface area contributed by atoms with Gasteiger partial charge in [0.2, 0.25) is 0 Å². The molecule has 0 saturated carbocycles. The van der Waals surface area contributed by atoms with Crippen molar-refractivity contribution in [2.24, 2.45) is 0 Å². The summed E-state index contributed by atoms with van der Waals surface area (Å²) in [5.41, 5.74) is -0.330. The average molecular weight is 279 g/mol. The van der Waals surface area contributed by atoms with Gasteiger partial charge in [-0.25, -0.2) is 0 Å². The van der Waals surface area contributed by atoms with Crippen LogP contribution in [0.2, 0.25) is 0 Å². The number of ether oxygens (including phenoxy) is 1. The van der Waals surface area contributed by atoms with Crippen molar-refractivity contribution in [3.63, 3.8) is 0 Å². The molecule has 2 N–H and O–H groups in total. The summed E-state index contributed by atoms with van der Waals surface area (Å²) in [5.74, 6) is -1.15. The van der Waals surface area contributed by atoms with Crippen molar-refractivity contribution in [1.29, 1.82) is 0 Å². The number of hydrogen-bond acceptors (Lipinski definition) is 3. The molecule has 0 aliphatic heterocycles. The summed E-state index contributed by atoms with van der Waals surface area (Å²) in [5, 5.41) is 11.4. The lowest BCUT2D eigenvalue weighted by molar-refractivity contribution is -0.144. The van der Waals surface area contributed by atoms with Crippen LogP contribution in [0.25, 0.3) is 0 Å². The number of aliphatic carboxylic acids is 1. The molecule has 2 unspecified atom stereocenters. The Kier molecular flexibility index (Phi) is 5.70. The van der Waals surface area contributed by atoms with Gasteiger partial charge in [-0.05, 0) is 25.8 Å². The average Bonchev–Trinajstić information content (AvgIpc) is 2.45. The highest BCUT2D eigenvalue weighted by atomic mass is 16.5. The first kappa shape index (κ1) is 16.2. The molecule has 0 heterocycles. The topological polar surface area (TPSA) is 75.6 Å². The minimum absolute atomic E-state index is 0.0243. The maximum atomic E-state index is 12.4. The fourth-order valence-corrected chi connectivity index (χ4v) is 1.87. The zero-order chi connectivity index (χ0) is 15.2. The van der Waals surface area contributed by atoms with Crippen LogP contribution < -0.4 is 5.32 Å². The van der Waals surface area contributed by atoms with Crippen molar-refractivity contribution in [2.75, 3.05) is 7.11 Å². The molecule has 0 aromatic heterocycles. The first-order valence-corrected chi connectivity index (χ1v) is 6.53. The van der Waals surface area contributed by atoms with Gasteiger partial charge in [0, 0.05) is 19.6 Å². The molecule has 0 spiro atoms. The van der Waals surface area contributed by atoms with E-state index in [1.807, 2.05) is 30.3 Å². The predicted molar refractivity (Wildman–Crippen MR) is 75.3 cm³/mol. The standard InChI is InChI=1S/C15H21NO4/c1-11(9-10-13(17)18)16-14(19)15(2,20-3)12-7-5-4-6-8-12/h4-8,11H,9-10H2,1-3H3,(H,16,19)(H,17,18). The molecular formula is C15H21NO4. The molecule has 110 valence electrons. The Bertz CT molecular complexity index is 460. The Hall–Kier alpha value is -1.88. The molecule has 0 bridgehead atoms. The molecule has 0 saturated heterocycles. The van der Waals surface area contributed by atoms with Crippen LogP contribution in [0.4, 0.5) is 0 Å². The molecule has 20 heavy (non-hydrogen) atoms. The Morgan fingerprint density at radius 2 is 1.95 bits per heavy atom. The van der Waals surface area contributed by atoms with Gasteiger partial charge >= 0.3 is 5.97 Å². The van der Waals surface area contributed by atoms with Gasteiger partial charge in [0.25, 0.3) is 5.91 Å². The van der Waals surface area contributed by atoms with Gasteiger partial charge in [-0.1, -0.05) is 30.3 Å². The smallest absolute Gasteiger partial charge is 0.303 e. The number of carbonyl (C=O) groups is 2. The van der Waals surface area contributed by atoms with E-state index in [2.05, 4.69) is 5.32 Å². The molecule has 0 aliphatic carbocycles. The third-order valence-corrected chi connectivity index (χ3v) is 3.33. The summed E-state index contributed by atoms with van der Waals surface area (Å²) in [7, 11) is 1.48. The number of rotatable bonds is 7. The summed E-state index contributed by atoms with van der Waals surface area (Å²) >= 11 is 0. The van der Waals surface area contributed by atoms with Crippen molar-refractivity contribution in [2.45, 2.75) is 38.3 Å². The maximum absolute atomic E-state index is 12.4. The highest BCUT2D eigenvalue weighted by Gasteiger charge is 2.35. The van der Waals surface area contributed by atoms with Gasteiger partial charge in [-0.2, -0.15) is 0 Å². The fourth-order valence-electron chi connectivity index (χ4n) is 1.87. The van der Waals surface area contributed by atoms with E-state index in [-0.39, 0.29) is 18.4 Å². The second-order valence-electron chi connectivity index (χ2n) is 4.91. The summed E-state index contributed by atoms with van der Waals surface area (Å²) in [6.45, 7) is 3.48. The van der Waals surface area contributed by atoms with Crippen molar-refractivity contribution >= 4 is 11.9 Å². The first-order valence-electron chi connectivity index (χ1n) is 6.53. The number of methoxy groups -OCH3 is 1. The lowest BCUT2D eigenvalue weighted by atomic mass is 9.94. The van der Waals surface area contributed by atoms with Crippen LogP contribution in [0.5, 0.6) is 0 Å². The van der Waals surface area contributed by atoms with Gasteiger partial charge in [0.15, 0.2) is 5.60 Å². The predicted octanol–water partition coefficient (Wildman–Crippen LogP) is 1.92. The zero-order valence-corrected chi connectivity index (χ0v) is 12.1. The van der Waals surface area contributed by atoms with Crippen LogP contribution in [0, 0.1) is 0 Å². The van der Waals surface area contributed by atoms with Crippen LogP contribution in [0.3, 0.4) is 0 Å². The van der Waals surface area contributed by atoms with Gasteiger partial charge in [0.1, 0.15) is 0 Å². The van der Waals surface area contributed by atoms with Crippen LogP contribution >= 0.6 is 0 Å². The molecule has 1 aromatic rings. The van der Waals surface area contributed by atoms with E-state index in [0.29, 0.717) is 6.42 Å². The third kappa shape index (κ3) is 4.06. The molecule has 5 nitrogen and oxygen atoms in total. The van der Waals surface area contributed by atoms with Gasteiger partial charge in [0.05, 0.1) is 0 Å². The summed E-state index contributed by atoms with van der Waals surface area (Å²) in [4.78, 5) is 22.9. The van der Waals surface area contributed by atoms with Crippen molar-refractivity contribution in [1.82, 2.24) is 5.32 Å². The molecule has 0 aliphatic rings. The zero-order valence-electron chi connectivity index (χ0n) is 12.1. The van der Waals surface area contributed by atoms with Crippen LogP contribution in [-0.4, -0.2) is 30.1 Å². The number of benzene rings is 1. The van der Waals surface area contributed by atoms with Crippen molar-refractivity contribution < 1.29 is 19.4 Å². The van der Waals surface area contributed by atoms with E-state index in [0.717, 1.165) is 5.56 Å². The minimum Gasteiger partial charge on any atom is -0.481 e.